The lowest BCUT2D eigenvalue weighted by molar-refractivity contribution is 0.0526. The van der Waals surface area contributed by atoms with Crippen LogP contribution in [0.5, 0.6) is 11.5 Å². The maximum Gasteiger partial charge on any atom is 0.338 e. The molecule has 0 bridgehead atoms. The summed E-state index contributed by atoms with van der Waals surface area (Å²) in [4.78, 5) is 11.7. The molecule has 0 radical (unpaired) electrons. The van der Waals surface area contributed by atoms with Crippen LogP contribution in [0, 0.1) is 5.41 Å². The molecule has 0 spiro atoms. The van der Waals surface area contributed by atoms with Gasteiger partial charge in [0.25, 0.3) is 0 Å². The minimum atomic E-state index is -0.296. The third-order valence-electron chi connectivity index (χ3n) is 4.44. The zero-order valence-electron chi connectivity index (χ0n) is 16.4. The van der Waals surface area contributed by atoms with Crippen LogP contribution in [0.2, 0.25) is 0 Å². The summed E-state index contributed by atoms with van der Waals surface area (Å²) in [5, 5.41) is 0. The normalized spacial score (nSPS) is 15.8. The fourth-order valence-corrected chi connectivity index (χ4v) is 2.84. The highest BCUT2D eigenvalue weighted by Crippen LogP contribution is 2.36. The van der Waals surface area contributed by atoms with E-state index in [1.807, 2.05) is 30.3 Å². The van der Waals surface area contributed by atoms with Crippen LogP contribution in [0.4, 0.5) is 0 Å². The molecule has 142 valence electrons. The van der Waals surface area contributed by atoms with Gasteiger partial charge in [-0.05, 0) is 54.8 Å². The van der Waals surface area contributed by atoms with Gasteiger partial charge >= 0.3 is 5.97 Å². The Hall–Kier alpha value is -2.75. The summed E-state index contributed by atoms with van der Waals surface area (Å²) < 4.78 is 16.9. The van der Waals surface area contributed by atoms with Crippen LogP contribution in [0.25, 0.3) is 11.6 Å². The van der Waals surface area contributed by atoms with Gasteiger partial charge in [-0.25, -0.2) is 4.79 Å². The van der Waals surface area contributed by atoms with E-state index in [9.17, 15) is 4.79 Å². The molecular formula is C23H26O4. The summed E-state index contributed by atoms with van der Waals surface area (Å²) >= 11 is 0. The van der Waals surface area contributed by atoms with Gasteiger partial charge < -0.3 is 14.2 Å². The smallest absolute Gasteiger partial charge is 0.338 e. The molecule has 1 aliphatic rings. The molecule has 4 nitrogen and oxygen atoms in total. The van der Waals surface area contributed by atoms with E-state index in [1.54, 1.807) is 19.1 Å². The Labute approximate surface area is 160 Å². The predicted octanol–water partition coefficient (Wildman–Crippen LogP) is 5.22. The number of benzene rings is 2. The van der Waals surface area contributed by atoms with E-state index in [0.29, 0.717) is 25.4 Å². The molecule has 2 aromatic rings. The van der Waals surface area contributed by atoms with E-state index in [1.165, 1.54) is 0 Å². The van der Waals surface area contributed by atoms with Gasteiger partial charge in [0.15, 0.2) is 11.5 Å². The number of carbonyl (C=O) groups excluding carboxylic acids is 1. The Morgan fingerprint density at radius 2 is 1.67 bits per heavy atom. The molecule has 3 rings (SSSR count). The van der Waals surface area contributed by atoms with E-state index in [-0.39, 0.29) is 11.4 Å². The number of allylic oxidation sites excluding steroid dienone is 1. The molecule has 0 amide bonds. The van der Waals surface area contributed by atoms with Crippen LogP contribution in [0.3, 0.4) is 0 Å². The number of hydrogen-bond acceptors (Lipinski definition) is 4. The summed E-state index contributed by atoms with van der Waals surface area (Å²) in [7, 11) is 0. The van der Waals surface area contributed by atoms with Crippen molar-refractivity contribution in [2.45, 2.75) is 27.7 Å². The largest absolute Gasteiger partial charge is 0.489 e. The molecule has 0 aliphatic carbocycles. The number of fused-ring (bicyclic) bond motifs is 1. The summed E-state index contributed by atoms with van der Waals surface area (Å²) in [5.74, 6) is 1.27. The predicted molar refractivity (Wildman–Crippen MR) is 107 cm³/mol. The summed E-state index contributed by atoms with van der Waals surface area (Å²) in [6, 6.07) is 13.4. The monoisotopic (exact) mass is 366 g/mol. The standard InChI is InChI=1S/C23H26O4/c1-5-25-22(24)18-8-6-17(7-9-18)12-16(2)19-10-11-20-21(13-19)27-15-23(3,4)14-26-20/h6-13H,5,14-15H2,1-4H3. The summed E-state index contributed by atoms with van der Waals surface area (Å²) in [5.41, 5.74) is 3.75. The second kappa shape index (κ2) is 7.87. The van der Waals surface area contributed by atoms with Gasteiger partial charge in [0.05, 0.1) is 25.4 Å². The highest BCUT2D eigenvalue weighted by atomic mass is 16.5. The van der Waals surface area contributed by atoms with Crippen LogP contribution < -0.4 is 9.47 Å². The van der Waals surface area contributed by atoms with Crippen LogP contribution >= 0.6 is 0 Å². The molecule has 1 heterocycles. The SMILES string of the molecule is CCOC(=O)c1ccc(C=C(C)c2ccc3c(c2)OCC(C)(C)CO3)cc1. The first kappa shape index (κ1) is 19.0. The molecule has 27 heavy (non-hydrogen) atoms. The molecule has 0 saturated heterocycles. The van der Waals surface area contributed by atoms with Gasteiger partial charge in [-0.2, -0.15) is 0 Å². The lowest BCUT2D eigenvalue weighted by Gasteiger charge is -2.19. The molecule has 4 heteroatoms. The maximum atomic E-state index is 11.7. The van der Waals surface area contributed by atoms with Crippen molar-refractivity contribution < 1.29 is 19.0 Å². The van der Waals surface area contributed by atoms with Crippen molar-refractivity contribution in [2.75, 3.05) is 19.8 Å². The Bertz CT molecular complexity index is 847. The van der Waals surface area contributed by atoms with E-state index >= 15 is 0 Å². The van der Waals surface area contributed by atoms with Gasteiger partial charge in [-0.15, -0.1) is 0 Å². The molecule has 0 unspecified atom stereocenters. The average molecular weight is 366 g/mol. The molecule has 0 saturated carbocycles. The molecule has 2 aromatic carbocycles. The number of ether oxygens (including phenoxy) is 3. The second-order valence-electron chi connectivity index (χ2n) is 7.57. The van der Waals surface area contributed by atoms with Crippen LogP contribution in [0.1, 0.15) is 49.2 Å². The minimum absolute atomic E-state index is 0.00919. The number of carbonyl (C=O) groups is 1. The van der Waals surface area contributed by atoms with E-state index < -0.39 is 0 Å². The Kier molecular flexibility index (Phi) is 5.54. The molecule has 0 N–H and O–H groups in total. The van der Waals surface area contributed by atoms with Crippen LogP contribution in [-0.2, 0) is 4.74 Å². The van der Waals surface area contributed by atoms with Crippen molar-refractivity contribution in [3.63, 3.8) is 0 Å². The Morgan fingerprint density at radius 1 is 1.04 bits per heavy atom. The van der Waals surface area contributed by atoms with Crippen molar-refractivity contribution in [3.05, 3.63) is 59.2 Å². The second-order valence-corrected chi connectivity index (χ2v) is 7.57. The van der Waals surface area contributed by atoms with E-state index in [2.05, 4.69) is 26.8 Å². The van der Waals surface area contributed by atoms with Gasteiger partial charge in [-0.3, -0.25) is 0 Å². The maximum absolute atomic E-state index is 11.7. The fraction of sp³-hybridized carbons (Fsp3) is 0.348. The van der Waals surface area contributed by atoms with E-state index in [0.717, 1.165) is 28.2 Å². The minimum Gasteiger partial charge on any atom is -0.489 e. The first-order valence-corrected chi connectivity index (χ1v) is 9.23. The van der Waals surface area contributed by atoms with Crippen molar-refractivity contribution in [2.24, 2.45) is 5.41 Å². The van der Waals surface area contributed by atoms with Crippen molar-refractivity contribution in [3.8, 4) is 11.5 Å². The molecule has 0 atom stereocenters. The zero-order chi connectivity index (χ0) is 19.4. The van der Waals surface area contributed by atoms with Gasteiger partial charge in [-0.1, -0.05) is 38.1 Å². The highest BCUT2D eigenvalue weighted by molar-refractivity contribution is 5.90. The molecule has 0 aromatic heterocycles. The highest BCUT2D eigenvalue weighted by Gasteiger charge is 2.25. The fourth-order valence-electron chi connectivity index (χ4n) is 2.84. The van der Waals surface area contributed by atoms with Crippen molar-refractivity contribution in [1.29, 1.82) is 0 Å². The van der Waals surface area contributed by atoms with Crippen LogP contribution in [0.15, 0.2) is 42.5 Å². The van der Waals surface area contributed by atoms with E-state index in [4.69, 9.17) is 14.2 Å². The first-order valence-electron chi connectivity index (χ1n) is 9.23. The molecule has 0 fully saturated rings. The lowest BCUT2D eigenvalue weighted by atomic mass is 9.97. The Morgan fingerprint density at radius 3 is 2.33 bits per heavy atom. The third kappa shape index (κ3) is 4.70. The quantitative estimate of drug-likeness (QED) is 0.550. The third-order valence-corrected chi connectivity index (χ3v) is 4.44. The summed E-state index contributed by atoms with van der Waals surface area (Å²) in [6.07, 6.45) is 2.08. The lowest BCUT2D eigenvalue weighted by Crippen LogP contribution is -2.26. The van der Waals surface area contributed by atoms with Crippen molar-refractivity contribution in [1.82, 2.24) is 0 Å². The van der Waals surface area contributed by atoms with Gasteiger partial charge in [0, 0.05) is 5.41 Å². The van der Waals surface area contributed by atoms with Crippen LogP contribution in [-0.4, -0.2) is 25.8 Å². The van der Waals surface area contributed by atoms with Gasteiger partial charge in [0.2, 0.25) is 0 Å². The average Bonchev–Trinajstić information content (AvgIpc) is 2.80. The topological polar surface area (TPSA) is 44.8 Å². The molecular weight excluding hydrogens is 340 g/mol. The summed E-state index contributed by atoms with van der Waals surface area (Å²) in [6.45, 7) is 9.76. The molecule has 1 aliphatic heterocycles. The number of rotatable bonds is 4. The van der Waals surface area contributed by atoms with Gasteiger partial charge in [0.1, 0.15) is 0 Å². The Balaban J connectivity index is 1.79. The number of esters is 1. The number of hydrogen-bond donors (Lipinski definition) is 0. The first-order chi connectivity index (χ1) is 12.9. The zero-order valence-corrected chi connectivity index (χ0v) is 16.4. The van der Waals surface area contributed by atoms with Crippen molar-refractivity contribution >= 4 is 17.6 Å².